The lowest BCUT2D eigenvalue weighted by molar-refractivity contribution is -0.122. The summed E-state index contributed by atoms with van der Waals surface area (Å²) in [5.74, 6) is -0.00948. The quantitative estimate of drug-likeness (QED) is 0.502. The van der Waals surface area contributed by atoms with Crippen LogP contribution in [0.1, 0.15) is 25.8 Å². The van der Waals surface area contributed by atoms with Crippen molar-refractivity contribution in [3.63, 3.8) is 0 Å². The van der Waals surface area contributed by atoms with Crippen molar-refractivity contribution in [1.82, 2.24) is 5.32 Å². The van der Waals surface area contributed by atoms with Crippen LogP contribution in [0.4, 0.5) is 10.5 Å². The van der Waals surface area contributed by atoms with Crippen LogP contribution in [-0.4, -0.2) is 37.9 Å². The Kier molecular flexibility index (Phi) is 6.15. The third-order valence-electron chi connectivity index (χ3n) is 5.17. The number of amides is 4. The van der Waals surface area contributed by atoms with Crippen LogP contribution < -0.4 is 29.2 Å². The van der Waals surface area contributed by atoms with Crippen LogP contribution in [0.15, 0.2) is 35.9 Å². The number of ether oxygens (including phenoxy) is 4. The first-order valence-corrected chi connectivity index (χ1v) is 10.6. The molecule has 2 aliphatic heterocycles. The summed E-state index contributed by atoms with van der Waals surface area (Å²) in [7, 11) is 1.46. The van der Waals surface area contributed by atoms with Crippen molar-refractivity contribution in [2.24, 2.45) is 0 Å². The molecule has 0 unspecified atom stereocenters. The molecule has 0 aromatic heterocycles. The van der Waals surface area contributed by atoms with E-state index in [2.05, 4.69) is 5.32 Å². The Hall–Kier alpha value is -3.72. The maximum atomic E-state index is 13.2. The predicted molar refractivity (Wildman–Crippen MR) is 120 cm³/mol. The van der Waals surface area contributed by atoms with E-state index < -0.39 is 17.8 Å². The Morgan fingerprint density at radius 1 is 1.18 bits per heavy atom. The van der Waals surface area contributed by atoms with Gasteiger partial charge in [0, 0.05) is 6.07 Å². The van der Waals surface area contributed by atoms with E-state index in [9.17, 15) is 14.4 Å². The standard InChI is InChI=1S/C23H21ClN2O7/c1-4-12(2)33-20-16(24)8-13(9-19(20)30-3)7-15-21(27)25-23(29)26(22(15)28)14-5-6-17-18(10-14)32-11-31-17/h5-10,12H,4,11H2,1-3H3,(H,25,27,29)/b15-7+/t12-/m0/s1. The largest absolute Gasteiger partial charge is 0.493 e. The minimum atomic E-state index is -0.867. The van der Waals surface area contributed by atoms with E-state index in [1.165, 1.54) is 25.3 Å². The van der Waals surface area contributed by atoms with Crippen LogP contribution in [0.2, 0.25) is 5.02 Å². The first-order valence-electron chi connectivity index (χ1n) is 10.2. The van der Waals surface area contributed by atoms with Gasteiger partial charge in [-0.15, -0.1) is 0 Å². The van der Waals surface area contributed by atoms with Gasteiger partial charge in [0.15, 0.2) is 23.0 Å². The molecular weight excluding hydrogens is 452 g/mol. The molecule has 4 amide bonds. The number of rotatable bonds is 6. The Morgan fingerprint density at radius 3 is 2.67 bits per heavy atom. The van der Waals surface area contributed by atoms with E-state index in [0.717, 1.165) is 11.3 Å². The fraction of sp³-hybridized carbons (Fsp3) is 0.261. The van der Waals surface area contributed by atoms with Crippen molar-refractivity contribution in [2.45, 2.75) is 26.4 Å². The molecule has 2 aromatic rings. The number of anilines is 1. The molecule has 1 N–H and O–H groups in total. The molecule has 4 rings (SSSR count). The lowest BCUT2D eigenvalue weighted by atomic mass is 10.1. The van der Waals surface area contributed by atoms with E-state index in [4.69, 9.17) is 30.5 Å². The van der Waals surface area contributed by atoms with Crippen LogP contribution in [-0.2, 0) is 9.59 Å². The second-order valence-corrected chi connectivity index (χ2v) is 7.77. The number of carbonyl (C=O) groups excluding carboxylic acids is 3. The zero-order valence-corrected chi connectivity index (χ0v) is 18.9. The van der Waals surface area contributed by atoms with Gasteiger partial charge in [-0.2, -0.15) is 0 Å². The summed E-state index contributed by atoms with van der Waals surface area (Å²) in [6, 6.07) is 6.88. The number of barbiturate groups is 1. The van der Waals surface area contributed by atoms with E-state index in [0.29, 0.717) is 28.6 Å². The number of fused-ring (bicyclic) bond motifs is 1. The molecule has 0 radical (unpaired) electrons. The molecule has 2 aromatic carbocycles. The maximum Gasteiger partial charge on any atom is 0.335 e. The zero-order chi connectivity index (χ0) is 23.7. The van der Waals surface area contributed by atoms with Crippen LogP contribution in [0.3, 0.4) is 0 Å². The Morgan fingerprint density at radius 2 is 1.94 bits per heavy atom. The molecule has 1 saturated heterocycles. The highest BCUT2D eigenvalue weighted by Crippen LogP contribution is 2.39. The van der Waals surface area contributed by atoms with Gasteiger partial charge in [0.05, 0.1) is 23.9 Å². The van der Waals surface area contributed by atoms with Crippen LogP contribution >= 0.6 is 11.6 Å². The first kappa shape index (κ1) is 22.5. The van der Waals surface area contributed by atoms with Gasteiger partial charge in [0.2, 0.25) is 6.79 Å². The number of urea groups is 1. The highest BCUT2D eigenvalue weighted by molar-refractivity contribution is 6.39. The molecule has 0 saturated carbocycles. The fourth-order valence-electron chi connectivity index (χ4n) is 3.30. The molecule has 33 heavy (non-hydrogen) atoms. The third kappa shape index (κ3) is 4.31. The lowest BCUT2D eigenvalue weighted by Crippen LogP contribution is -2.54. The van der Waals surface area contributed by atoms with Crippen LogP contribution in [0.25, 0.3) is 6.08 Å². The normalized spacial score (nSPS) is 17.3. The van der Waals surface area contributed by atoms with Gasteiger partial charge in [-0.1, -0.05) is 18.5 Å². The highest BCUT2D eigenvalue weighted by Gasteiger charge is 2.37. The average Bonchev–Trinajstić information content (AvgIpc) is 3.26. The van der Waals surface area contributed by atoms with Crippen LogP contribution in [0, 0.1) is 0 Å². The average molecular weight is 473 g/mol. The van der Waals surface area contributed by atoms with E-state index in [-0.39, 0.29) is 29.2 Å². The number of nitrogens with zero attached hydrogens (tertiary/aromatic N) is 1. The maximum absolute atomic E-state index is 13.2. The summed E-state index contributed by atoms with van der Waals surface area (Å²) < 4.78 is 21.8. The van der Waals surface area contributed by atoms with E-state index in [1.54, 1.807) is 18.2 Å². The monoisotopic (exact) mass is 472 g/mol. The molecule has 2 heterocycles. The molecule has 1 fully saturated rings. The minimum absolute atomic E-state index is 0.0436. The number of benzene rings is 2. The summed E-state index contributed by atoms with van der Waals surface area (Å²) in [5, 5.41) is 2.44. The van der Waals surface area contributed by atoms with E-state index >= 15 is 0 Å². The van der Waals surface area contributed by atoms with Crippen molar-refractivity contribution in [3.8, 4) is 23.0 Å². The summed E-state index contributed by atoms with van der Waals surface area (Å²) >= 11 is 6.40. The fourth-order valence-corrected chi connectivity index (χ4v) is 3.57. The minimum Gasteiger partial charge on any atom is -0.493 e. The summed E-state index contributed by atoms with van der Waals surface area (Å²) in [6.07, 6.45) is 2.02. The summed E-state index contributed by atoms with van der Waals surface area (Å²) in [4.78, 5) is 39.0. The molecule has 0 bridgehead atoms. The first-order chi connectivity index (χ1) is 15.8. The molecule has 10 heteroatoms. The summed E-state index contributed by atoms with van der Waals surface area (Å²) in [6.45, 7) is 3.92. The molecular formula is C23H21ClN2O7. The highest BCUT2D eigenvalue weighted by atomic mass is 35.5. The topological polar surface area (TPSA) is 103 Å². The third-order valence-corrected chi connectivity index (χ3v) is 5.45. The van der Waals surface area contributed by atoms with Gasteiger partial charge >= 0.3 is 6.03 Å². The van der Waals surface area contributed by atoms with Gasteiger partial charge in [-0.25, -0.2) is 9.69 Å². The second-order valence-electron chi connectivity index (χ2n) is 7.37. The molecule has 1 atom stereocenters. The van der Waals surface area contributed by atoms with Gasteiger partial charge in [0.1, 0.15) is 5.57 Å². The van der Waals surface area contributed by atoms with E-state index in [1.807, 2.05) is 13.8 Å². The number of nitrogens with one attached hydrogen (secondary N) is 1. The second kappa shape index (κ2) is 9.03. The number of carbonyl (C=O) groups is 3. The van der Waals surface area contributed by atoms with Crippen molar-refractivity contribution in [1.29, 1.82) is 0 Å². The van der Waals surface area contributed by atoms with Gasteiger partial charge in [0.25, 0.3) is 11.8 Å². The predicted octanol–water partition coefficient (Wildman–Crippen LogP) is 3.92. The molecule has 0 aliphatic carbocycles. The number of imide groups is 2. The Labute approximate surface area is 194 Å². The number of methoxy groups -OCH3 is 1. The van der Waals surface area contributed by atoms with Crippen molar-refractivity contribution >= 4 is 41.2 Å². The number of hydrogen-bond donors (Lipinski definition) is 1. The van der Waals surface area contributed by atoms with Gasteiger partial charge in [-0.3, -0.25) is 14.9 Å². The molecule has 0 spiro atoms. The van der Waals surface area contributed by atoms with Crippen molar-refractivity contribution < 1.29 is 33.3 Å². The number of halogens is 1. The van der Waals surface area contributed by atoms with Gasteiger partial charge < -0.3 is 18.9 Å². The van der Waals surface area contributed by atoms with Gasteiger partial charge in [-0.05, 0) is 49.2 Å². The summed E-state index contributed by atoms with van der Waals surface area (Å²) in [5.41, 5.74) is 0.404. The van der Waals surface area contributed by atoms with Crippen molar-refractivity contribution in [3.05, 3.63) is 46.5 Å². The van der Waals surface area contributed by atoms with Crippen molar-refractivity contribution in [2.75, 3.05) is 18.8 Å². The smallest absolute Gasteiger partial charge is 0.335 e. The molecule has 9 nitrogen and oxygen atoms in total. The Balaban J connectivity index is 1.70. The lowest BCUT2D eigenvalue weighted by Gasteiger charge is -2.26. The molecule has 172 valence electrons. The number of hydrogen-bond acceptors (Lipinski definition) is 7. The Bertz CT molecular complexity index is 1180. The SMILES string of the molecule is CC[C@H](C)Oc1c(Cl)cc(/C=C2\C(=O)NC(=O)N(c3ccc4c(c3)OCO4)C2=O)cc1OC. The molecule has 2 aliphatic rings. The zero-order valence-electron chi connectivity index (χ0n) is 18.1. The van der Waals surface area contributed by atoms with Crippen LogP contribution in [0.5, 0.6) is 23.0 Å².